The Morgan fingerprint density at radius 3 is 2.26 bits per heavy atom. The minimum Gasteiger partial charge on any atom is -0.353 e. The van der Waals surface area contributed by atoms with Crippen LogP contribution in [0.3, 0.4) is 0 Å². The minimum absolute atomic E-state index is 0.00385. The summed E-state index contributed by atoms with van der Waals surface area (Å²) in [6, 6.07) is -0.787. The average molecular weight is 269 g/mol. The van der Waals surface area contributed by atoms with Crippen LogP contribution in [0.2, 0.25) is 0 Å². The van der Waals surface area contributed by atoms with Gasteiger partial charge in [0.15, 0.2) is 0 Å². The molecule has 1 unspecified atom stereocenters. The molecule has 0 heterocycles. The van der Waals surface area contributed by atoms with Gasteiger partial charge in [0.05, 0.1) is 0 Å². The number of hydrogen-bond donors (Lipinski definition) is 1. The Balaban J connectivity index is 4.64. The lowest BCUT2D eigenvalue weighted by molar-refractivity contribution is -0.137. The highest BCUT2D eigenvalue weighted by molar-refractivity contribution is 5.94. The van der Waals surface area contributed by atoms with E-state index in [1.54, 1.807) is 0 Å². The number of carbonyl (C=O) groups is 3. The van der Waals surface area contributed by atoms with E-state index in [1.807, 2.05) is 19.0 Å². The summed E-state index contributed by atoms with van der Waals surface area (Å²) in [6.07, 6.45) is 1.13. The molecule has 108 valence electrons. The van der Waals surface area contributed by atoms with Crippen LogP contribution in [-0.4, -0.2) is 67.7 Å². The van der Waals surface area contributed by atoms with Crippen molar-refractivity contribution in [3.63, 3.8) is 0 Å². The summed E-state index contributed by atoms with van der Waals surface area (Å²) in [5.74, 6) is -0.847. The number of ketones is 1. The number of nitrogens with one attached hydrogen (secondary N) is 1. The molecule has 0 spiro atoms. The summed E-state index contributed by atoms with van der Waals surface area (Å²) in [6.45, 7) is 5.93. The van der Waals surface area contributed by atoms with Crippen molar-refractivity contribution in [2.75, 3.05) is 34.2 Å². The monoisotopic (exact) mass is 269 g/mol. The zero-order valence-electron chi connectivity index (χ0n) is 12.1. The molecule has 0 aliphatic rings. The molecule has 0 bridgehead atoms. The van der Waals surface area contributed by atoms with Crippen molar-refractivity contribution < 1.29 is 14.4 Å². The van der Waals surface area contributed by atoms with Crippen LogP contribution in [0.1, 0.15) is 13.3 Å². The Hall–Kier alpha value is -1.69. The molecule has 0 aromatic carbocycles. The first kappa shape index (κ1) is 17.3. The third kappa shape index (κ3) is 6.71. The van der Waals surface area contributed by atoms with Gasteiger partial charge in [0, 0.05) is 26.6 Å². The van der Waals surface area contributed by atoms with Gasteiger partial charge < -0.3 is 15.1 Å². The Bertz CT molecular complexity index is 353. The van der Waals surface area contributed by atoms with Gasteiger partial charge in [-0.05, 0) is 27.1 Å². The van der Waals surface area contributed by atoms with E-state index in [2.05, 4.69) is 11.9 Å². The molecule has 0 rings (SSSR count). The van der Waals surface area contributed by atoms with Crippen LogP contribution >= 0.6 is 0 Å². The molecule has 0 saturated carbocycles. The molecule has 0 aliphatic carbocycles. The van der Waals surface area contributed by atoms with Gasteiger partial charge in [-0.2, -0.15) is 0 Å². The maximum absolute atomic E-state index is 12.0. The van der Waals surface area contributed by atoms with Crippen molar-refractivity contribution in [2.24, 2.45) is 0 Å². The van der Waals surface area contributed by atoms with Gasteiger partial charge in [0.1, 0.15) is 11.8 Å². The number of carbonyl (C=O) groups excluding carboxylic acids is 3. The van der Waals surface area contributed by atoms with Crippen molar-refractivity contribution in [1.82, 2.24) is 15.1 Å². The predicted molar refractivity (Wildman–Crippen MR) is 73.6 cm³/mol. The first-order chi connectivity index (χ1) is 8.79. The molecule has 6 heteroatoms. The molecule has 0 fully saturated rings. The van der Waals surface area contributed by atoms with E-state index < -0.39 is 6.04 Å². The highest BCUT2D eigenvalue weighted by Crippen LogP contribution is 2.04. The zero-order valence-corrected chi connectivity index (χ0v) is 12.1. The Morgan fingerprint density at radius 1 is 1.26 bits per heavy atom. The normalized spacial score (nSPS) is 11.8. The molecule has 19 heavy (non-hydrogen) atoms. The second-order valence-corrected chi connectivity index (χ2v) is 4.67. The Morgan fingerprint density at radius 2 is 1.84 bits per heavy atom. The molecule has 0 aromatic rings. The lowest BCUT2D eigenvalue weighted by Gasteiger charge is -2.25. The smallest absolute Gasteiger partial charge is 0.246 e. The number of amides is 2. The first-order valence-corrected chi connectivity index (χ1v) is 6.10. The molecule has 0 radical (unpaired) electrons. The van der Waals surface area contributed by atoms with Crippen molar-refractivity contribution >= 4 is 17.6 Å². The van der Waals surface area contributed by atoms with Crippen molar-refractivity contribution in [2.45, 2.75) is 19.4 Å². The summed E-state index contributed by atoms with van der Waals surface area (Å²) >= 11 is 0. The van der Waals surface area contributed by atoms with Crippen LogP contribution in [0.4, 0.5) is 0 Å². The largest absolute Gasteiger partial charge is 0.353 e. The van der Waals surface area contributed by atoms with Crippen LogP contribution in [0.25, 0.3) is 0 Å². The average Bonchev–Trinajstić information content (AvgIpc) is 2.33. The topological polar surface area (TPSA) is 69.7 Å². The maximum atomic E-state index is 12.0. The number of likely N-dealkylation sites (N-methyl/N-ethyl adjacent to an activating group) is 2. The molecule has 1 N–H and O–H groups in total. The van der Waals surface area contributed by atoms with Gasteiger partial charge in [-0.25, -0.2) is 0 Å². The fraction of sp³-hybridized carbons (Fsp3) is 0.615. The quantitative estimate of drug-likeness (QED) is 0.612. The number of Topliss-reactive ketones (excluding diaryl/α,β-unsaturated/α-hetero) is 1. The van der Waals surface area contributed by atoms with Gasteiger partial charge in [-0.3, -0.25) is 14.4 Å². The fourth-order valence-corrected chi connectivity index (χ4v) is 1.50. The summed E-state index contributed by atoms with van der Waals surface area (Å²) in [5, 5.41) is 2.72. The second kappa shape index (κ2) is 8.42. The van der Waals surface area contributed by atoms with E-state index in [4.69, 9.17) is 0 Å². The van der Waals surface area contributed by atoms with Gasteiger partial charge in [-0.15, -0.1) is 0 Å². The molecule has 1 atom stereocenters. The lowest BCUT2D eigenvalue weighted by Crippen LogP contribution is -2.49. The van der Waals surface area contributed by atoms with Crippen LogP contribution in [0.5, 0.6) is 0 Å². The molecule has 6 nitrogen and oxygen atoms in total. The highest BCUT2D eigenvalue weighted by Gasteiger charge is 2.26. The summed E-state index contributed by atoms with van der Waals surface area (Å²) in [4.78, 5) is 37.9. The molecular formula is C13H23N3O3. The molecular weight excluding hydrogens is 246 g/mol. The standard InChI is InChI=1S/C13H23N3O3/c1-6-12(18)16(5)11(9-10(2)17)13(19)14-7-8-15(3)4/h6,11H,1,7-9H2,2-5H3,(H,14,19). The van der Waals surface area contributed by atoms with E-state index in [1.165, 1.54) is 18.9 Å². The summed E-state index contributed by atoms with van der Waals surface area (Å²) < 4.78 is 0. The second-order valence-electron chi connectivity index (χ2n) is 4.67. The van der Waals surface area contributed by atoms with E-state index in [0.717, 1.165) is 6.08 Å². The lowest BCUT2D eigenvalue weighted by atomic mass is 10.1. The van der Waals surface area contributed by atoms with Gasteiger partial charge in [-0.1, -0.05) is 6.58 Å². The summed E-state index contributed by atoms with van der Waals surface area (Å²) in [7, 11) is 5.28. The van der Waals surface area contributed by atoms with Crippen molar-refractivity contribution in [3.8, 4) is 0 Å². The predicted octanol–water partition coefficient (Wildman–Crippen LogP) is -0.344. The van der Waals surface area contributed by atoms with E-state index >= 15 is 0 Å². The third-order valence-corrected chi connectivity index (χ3v) is 2.63. The fourth-order valence-electron chi connectivity index (χ4n) is 1.50. The van der Waals surface area contributed by atoms with Crippen molar-refractivity contribution in [3.05, 3.63) is 12.7 Å². The highest BCUT2D eigenvalue weighted by atomic mass is 16.2. The van der Waals surface area contributed by atoms with Crippen LogP contribution < -0.4 is 5.32 Å². The Kier molecular flexibility index (Phi) is 7.67. The third-order valence-electron chi connectivity index (χ3n) is 2.63. The summed E-state index contributed by atoms with van der Waals surface area (Å²) in [5.41, 5.74) is 0. The first-order valence-electron chi connectivity index (χ1n) is 6.10. The molecule has 0 saturated heterocycles. The number of hydrogen-bond acceptors (Lipinski definition) is 4. The van der Waals surface area contributed by atoms with Crippen LogP contribution in [0, 0.1) is 0 Å². The molecule has 0 aliphatic heterocycles. The van der Waals surface area contributed by atoms with Crippen LogP contribution in [0.15, 0.2) is 12.7 Å². The number of rotatable bonds is 8. The zero-order chi connectivity index (χ0) is 15.0. The molecule has 0 aromatic heterocycles. The SMILES string of the molecule is C=CC(=O)N(C)C(CC(C)=O)C(=O)NCCN(C)C. The van der Waals surface area contributed by atoms with E-state index in [9.17, 15) is 14.4 Å². The molecule has 2 amide bonds. The van der Waals surface area contributed by atoms with Crippen LogP contribution in [-0.2, 0) is 14.4 Å². The minimum atomic E-state index is -0.787. The van der Waals surface area contributed by atoms with Gasteiger partial charge >= 0.3 is 0 Å². The maximum Gasteiger partial charge on any atom is 0.246 e. The van der Waals surface area contributed by atoms with E-state index in [0.29, 0.717) is 13.1 Å². The van der Waals surface area contributed by atoms with Crippen molar-refractivity contribution in [1.29, 1.82) is 0 Å². The van der Waals surface area contributed by atoms with Gasteiger partial charge in [0.2, 0.25) is 11.8 Å². The number of nitrogens with zero attached hydrogens (tertiary/aromatic N) is 2. The Labute approximate surface area is 114 Å². The van der Waals surface area contributed by atoms with E-state index in [-0.39, 0.29) is 24.0 Å². The van der Waals surface area contributed by atoms with Gasteiger partial charge in [0.25, 0.3) is 0 Å².